The van der Waals surface area contributed by atoms with Crippen molar-refractivity contribution in [2.24, 2.45) is 4.99 Å². The number of fused-ring (bicyclic) bond motifs is 1. The third-order valence-electron chi connectivity index (χ3n) is 4.10. The van der Waals surface area contributed by atoms with Crippen LogP contribution in [0.2, 0.25) is 0 Å². The second kappa shape index (κ2) is 12.8. The Morgan fingerprint density at radius 3 is 2.79 bits per heavy atom. The lowest BCUT2D eigenvalue weighted by Crippen LogP contribution is -2.39. The van der Waals surface area contributed by atoms with E-state index in [9.17, 15) is 0 Å². The fourth-order valence-electron chi connectivity index (χ4n) is 2.75. The molecule has 2 heterocycles. The van der Waals surface area contributed by atoms with E-state index in [1.807, 2.05) is 30.3 Å². The van der Waals surface area contributed by atoms with Gasteiger partial charge in [0.15, 0.2) is 17.5 Å². The quantitative estimate of drug-likeness (QED) is 0.241. The summed E-state index contributed by atoms with van der Waals surface area (Å²) in [7, 11) is 0. The van der Waals surface area contributed by atoms with Crippen molar-refractivity contribution in [3.8, 4) is 11.5 Å². The third-order valence-corrected chi connectivity index (χ3v) is 4.72. The van der Waals surface area contributed by atoms with E-state index < -0.39 is 0 Å². The van der Waals surface area contributed by atoms with E-state index >= 15 is 0 Å². The van der Waals surface area contributed by atoms with Gasteiger partial charge in [-0.3, -0.25) is 0 Å². The average molecular weight is 517 g/mol. The van der Waals surface area contributed by atoms with Gasteiger partial charge in [-0.05, 0) is 24.5 Å². The molecule has 1 aromatic heterocycles. The summed E-state index contributed by atoms with van der Waals surface area (Å²) in [5.74, 6) is 4.41. The first kappa shape index (κ1) is 22.7. The molecule has 154 valence electrons. The maximum atomic E-state index is 5.89. The standard InChI is InChI=1S/C20H27N3O3S.HI/c1-27-14-10-22-20(21-9-8-17-6-3-11-24-17)23-15-16-5-2-7-18-19(16)26-13-4-12-25-18;/h2-3,5-7,11H,4,8-10,12-15H2,1H3,(H2,21,22,23);1H. The lowest BCUT2D eigenvalue weighted by atomic mass is 10.2. The molecule has 0 amide bonds. The largest absolute Gasteiger partial charge is 0.490 e. The van der Waals surface area contributed by atoms with E-state index in [0.717, 1.165) is 60.5 Å². The summed E-state index contributed by atoms with van der Waals surface area (Å²) in [4.78, 5) is 4.74. The summed E-state index contributed by atoms with van der Waals surface area (Å²) < 4.78 is 17.0. The maximum Gasteiger partial charge on any atom is 0.191 e. The van der Waals surface area contributed by atoms with Crippen LogP contribution in [-0.4, -0.2) is 44.3 Å². The van der Waals surface area contributed by atoms with Crippen molar-refractivity contribution in [2.45, 2.75) is 19.4 Å². The molecule has 0 saturated carbocycles. The van der Waals surface area contributed by atoms with E-state index in [-0.39, 0.29) is 24.0 Å². The first-order valence-electron chi connectivity index (χ1n) is 9.28. The number of ether oxygens (including phenoxy) is 2. The molecule has 8 heteroatoms. The Kier molecular flexibility index (Phi) is 10.4. The Bertz CT molecular complexity index is 725. The van der Waals surface area contributed by atoms with Crippen LogP contribution in [0, 0.1) is 0 Å². The molecule has 0 saturated heterocycles. The molecule has 0 aliphatic carbocycles. The number of guanidine groups is 1. The van der Waals surface area contributed by atoms with E-state index in [4.69, 9.17) is 18.9 Å². The summed E-state index contributed by atoms with van der Waals surface area (Å²) in [6.45, 7) is 3.51. The van der Waals surface area contributed by atoms with E-state index in [0.29, 0.717) is 19.8 Å². The lowest BCUT2D eigenvalue weighted by molar-refractivity contribution is 0.296. The Balaban J connectivity index is 0.00000280. The molecule has 2 aromatic rings. The molecular weight excluding hydrogens is 489 g/mol. The number of para-hydroxylation sites is 1. The molecular formula is C20H28IN3O3S. The molecule has 0 fully saturated rings. The SMILES string of the molecule is CSCCNC(=NCc1cccc2c1OCCCO2)NCCc1ccco1.I. The van der Waals surface area contributed by atoms with Crippen LogP contribution in [0.3, 0.4) is 0 Å². The van der Waals surface area contributed by atoms with Gasteiger partial charge in [0, 0.05) is 37.2 Å². The number of nitrogens with one attached hydrogen (secondary N) is 2. The van der Waals surface area contributed by atoms with Crippen molar-refractivity contribution in [1.29, 1.82) is 0 Å². The normalized spacial score (nSPS) is 13.4. The minimum absolute atomic E-state index is 0. The Hall–Kier alpha value is -1.55. The van der Waals surface area contributed by atoms with Gasteiger partial charge in [-0.2, -0.15) is 11.8 Å². The van der Waals surface area contributed by atoms with Crippen LogP contribution < -0.4 is 20.1 Å². The molecule has 28 heavy (non-hydrogen) atoms. The summed E-state index contributed by atoms with van der Waals surface area (Å²) in [5.41, 5.74) is 1.03. The summed E-state index contributed by atoms with van der Waals surface area (Å²) in [6.07, 6.45) is 5.50. The van der Waals surface area contributed by atoms with Crippen LogP contribution >= 0.6 is 35.7 Å². The highest BCUT2D eigenvalue weighted by Crippen LogP contribution is 2.33. The predicted molar refractivity (Wildman–Crippen MR) is 125 cm³/mol. The van der Waals surface area contributed by atoms with Gasteiger partial charge in [0.05, 0.1) is 26.0 Å². The highest BCUT2D eigenvalue weighted by molar-refractivity contribution is 14.0. The topological polar surface area (TPSA) is 68.0 Å². The van der Waals surface area contributed by atoms with Gasteiger partial charge in [0.25, 0.3) is 0 Å². The van der Waals surface area contributed by atoms with Gasteiger partial charge in [0.1, 0.15) is 5.76 Å². The van der Waals surface area contributed by atoms with Crippen LogP contribution in [0.4, 0.5) is 0 Å². The number of halogens is 1. The van der Waals surface area contributed by atoms with E-state index in [1.54, 1.807) is 18.0 Å². The summed E-state index contributed by atoms with van der Waals surface area (Å²) >= 11 is 1.80. The van der Waals surface area contributed by atoms with Crippen LogP contribution in [-0.2, 0) is 13.0 Å². The molecule has 1 aliphatic rings. The second-order valence-corrected chi connectivity index (χ2v) is 7.12. The van der Waals surface area contributed by atoms with Gasteiger partial charge in [0.2, 0.25) is 0 Å². The molecule has 2 N–H and O–H groups in total. The first-order valence-corrected chi connectivity index (χ1v) is 10.7. The van der Waals surface area contributed by atoms with Crippen LogP contribution in [0.25, 0.3) is 0 Å². The van der Waals surface area contributed by atoms with E-state index in [2.05, 4.69) is 16.9 Å². The van der Waals surface area contributed by atoms with Crippen molar-refractivity contribution in [1.82, 2.24) is 10.6 Å². The number of nitrogens with zero attached hydrogens (tertiary/aromatic N) is 1. The molecule has 0 unspecified atom stereocenters. The Labute approximate surface area is 187 Å². The molecule has 6 nitrogen and oxygen atoms in total. The van der Waals surface area contributed by atoms with Gasteiger partial charge in [-0.1, -0.05) is 12.1 Å². The molecule has 1 aromatic carbocycles. The zero-order valence-corrected chi connectivity index (χ0v) is 19.3. The number of rotatable bonds is 8. The first-order chi connectivity index (χ1) is 13.4. The van der Waals surface area contributed by atoms with Gasteiger partial charge < -0.3 is 24.5 Å². The molecule has 0 bridgehead atoms. The monoisotopic (exact) mass is 517 g/mol. The van der Waals surface area contributed by atoms with Crippen molar-refractivity contribution < 1.29 is 13.9 Å². The van der Waals surface area contributed by atoms with Crippen LogP contribution in [0.15, 0.2) is 46.0 Å². The number of furan rings is 1. The van der Waals surface area contributed by atoms with Gasteiger partial charge in [-0.25, -0.2) is 4.99 Å². The van der Waals surface area contributed by atoms with Crippen molar-refractivity contribution in [3.05, 3.63) is 47.9 Å². The number of thioether (sulfide) groups is 1. The van der Waals surface area contributed by atoms with Crippen LogP contribution in [0.5, 0.6) is 11.5 Å². The zero-order valence-electron chi connectivity index (χ0n) is 16.1. The summed E-state index contributed by atoms with van der Waals surface area (Å²) in [6, 6.07) is 9.87. The zero-order chi connectivity index (χ0) is 18.7. The number of hydrogen-bond acceptors (Lipinski definition) is 5. The summed E-state index contributed by atoms with van der Waals surface area (Å²) in [5, 5.41) is 6.76. The maximum absolute atomic E-state index is 5.89. The fourth-order valence-corrected chi connectivity index (χ4v) is 3.05. The minimum atomic E-state index is 0. The highest BCUT2D eigenvalue weighted by atomic mass is 127. The highest BCUT2D eigenvalue weighted by Gasteiger charge is 2.14. The van der Waals surface area contributed by atoms with Gasteiger partial charge in [-0.15, -0.1) is 24.0 Å². The average Bonchev–Trinajstić information content (AvgIpc) is 3.08. The second-order valence-electron chi connectivity index (χ2n) is 6.14. The number of benzene rings is 1. The van der Waals surface area contributed by atoms with Crippen LogP contribution in [0.1, 0.15) is 17.7 Å². The number of aliphatic imine (C=N–C) groups is 1. The van der Waals surface area contributed by atoms with Gasteiger partial charge >= 0.3 is 0 Å². The Morgan fingerprint density at radius 1 is 1.11 bits per heavy atom. The Morgan fingerprint density at radius 2 is 1.96 bits per heavy atom. The third kappa shape index (κ3) is 7.12. The fraction of sp³-hybridized carbons (Fsp3) is 0.450. The molecule has 0 radical (unpaired) electrons. The van der Waals surface area contributed by atoms with Crippen molar-refractivity contribution in [3.63, 3.8) is 0 Å². The van der Waals surface area contributed by atoms with Crippen molar-refractivity contribution >= 4 is 41.7 Å². The smallest absolute Gasteiger partial charge is 0.191 e. The molecule has 0 atom stereocenters. The number of hydrogen-bond donors (Lipinski definition) is 2. The molecule has 1 aliphatic heterocycles. The molecule has 0 spiro atoms. The van der Waals surface area contributed by atoms with Crippen molar-refractivity contribution in [2.75, 3.05) is 38.3 Å². The van der Waals surface area contributed by atoms with E-state index in [1.165, 1.54) is 0 Å². The lowest BCUT2D eigenvalue weighted by Gasteiger charge is -2.14. The minimum Gasteiger partial charge on any atom is -0.490 e. The predicted octanol–water partition coefficient (Wildman–Crippen LogP) is 3.70. The molecule has 3 rings (SSSR count).